The molecule has 3 nitrogen and oxygen atoms in total. The molecule has 0 radical (unpaired) electrons. The van der Waals surface area contributed by atoms with Gasteiger partial charge < -0.3 is 5.32 Å². The first-order chi connectivity index (χ1) is 6.74. The van der Waals surface area contributed by atoms with Crippen LogP contribution in [0.4, 0.5) is 5.69 Å². The van der Waals surface area contributed by atoms with Crippen molar-refractivity contribution in [3.05, 3.63) is 29.8 Å². The van der Waals surface area contributed by atoms with E-state index in [1.165, 1.54) is 6.92 Å². The number of carbonyl (C=O) groups excluding carboxylic acids is 2. The van der Waals surface area contributed by atoms with Gasteiger partial charge in [-0.3, -0.25) is 9.59 Å². The molecule has 3 heteroatoms. The summed E-state index contributed by atoms with van der Waals surface area (Å²) in [5.41, 5.74) is 1.05. The first kappa shape index (κ1) is 12.4. The lowest BCUT2D eigenvalue weighted by Crippen LogP contribution is -2.07. The Balaban J connectivity index is 0.000000791. The Morgan fingerprint density at radius 1 is 1.29 bits per heavy atom. The second-order valence-electron chi connectivity index (χ2n) is 2.39. The summed E-state index contributed by atoms with van der Waals surface area (Å²) in [6, 6.07) is 6.84. The molecule has 0 bridgehead atoms. The number of nitrogens with one attached hydrogen (secondary N) is 1. The predicted molar refractivity (Wildman–Crippen MR) is 57.5 cm³/mol. The van der Waals surface area contributed by atoms with Gasteiger partial charge in [0, 0.05) is 12.5 Å². The second kappa shape index (κ2) is 6.83. The average molecular weight is 193 g/mol. The van der Waals surface area contributed by atoms with Crippen LogP contribution in [0.5, 0.6) is 0 Å². The van der Waals surface area contributed by atoms with Crippen LogP contribution in [0, 0.1) is 0 Å². The highest BCUT2D eigenvalue weighted by atomic mass is 16.1. The van der Waals surface area contributed by atoms with E-state index in [-0.39, 0.29) is 5.91 Å². The molecule has 0 heterocycles. The second-order valence-corrected chi connectivity index (χ2v) is 2.39. The molecule has 76 valence electrons. The van der Waals surface area contributed by atoms with Crippen molar-refractivity contribution in [3.63, 3.8) is 0 Å². The highest BCUT2D eigenvalue weighted by molar-refractivity contribution is 5.95. The number of benzene rings is 1. The first-order valence-electron chi connectivity index (χ1n) is 4.56. The third kappa shape index (κ3) is 3.85. The summed E-state index contributed by atoms with van der Waals surface area (Å²) in [6.45, 7) is 5.40. The minimum Gasteiger partial charge on any atom is -0.326 e. The molecule has 1 rings (SSSR count). The molecule has 0 atom stereocenters. The predicted octanol–water partition coefficient (Wildman–Crippen LogP) is 2.48. The first-order valence-corrected chi connectivity index (χ1v) is 4.56. The molecule has 0 aliphatic heterocycles. The summed E-state index contributed by atoms with van der Waals surface area (Å²) in [5, 5.41) is 2.55. The third-order valence-corrected chi connectivity index (χ3v) is 1.40. The van der Waals surface area contributed by atoms with Crippen LogP contribution in [0.3, 0.4) is 0 Å². The van der Waals surface area contributed by atoms with E-state index >= 15 is 0 Å². The fourth-order valence-electron chi connectivity index (χ4n) is 0.903. The van der Waals surface area contributed by atoms with E-state index in [9.17, 15) is 9.59 Å². The topological polar surface area (TPSA) is 46.2 Å². The van der Waals surface area contributed by atoms with E-state index in [0.717, 1.165) is 0 Å². The largest absolute Gasteiger partial charge is 0.326 e. The van der Waals surface area contributed by atoms with Gasteiger partial charge in [-0.05, 0) is 12.1 Å². The lowest BCUT2D eigenvalue weighted by Gasteiger charge is -2.03. The van der Waals surface area contributed by atoms with Gasteiger partial charge in [0.05, 0.1) is 5.69 Å². The van der Waals surface area contributed by atoms with Gasteiger partial charge in [0.1, 0.15) is 0 Å². The number of para-hydroxylation sites is 1. The molecule has 1 aromatic rings. The van der Waals surface area contributed by atoms with Crippen LogP contribution in [-0.4, -0.2) is 12.2 Å². The van der Waals surface area contributed by atoms with Crippen LogP contribution in [0.1, 0.15) is 31.1 Å². The summed E-state index contributed by atoms with van der Waals surface area (Å²) < 4.78 is 0. The summed E-state index contributed by atoms with van der Waals surface area (Å²) in [5.74, 6) is -0.177. The van der Waals surface area contributed by atoms with E-state index in [4.69, 9.17) is 0 Å². The van der Waals surface area contributed by atoms with Gasteiger partial charge >= 0.3 is 0 Å². The van der Waals surface area contributed by atoms with E-state index in [1.54, 1.807) is 24.3 Å². The Morgan fingerprint density at radius 3 is 2.36 bits per heavy atom. The van der Waals surface area contributed by atoms with Gasteiger partial charge in [0.25, 0.3) is 0 Å². The van der Waals surface area contributed by atoms with Crippen LogP contribution >= 0.6 is 0 Å². The lowest BCUT2D eigenvalue weighted by molar-refractivity contribution is -0.114. The maximum absolute atomic E-state index is 10.7. The molecule has 0 spiro atoms. The Labute approximate surface area is 84.1 Å². The molecular weight excluding hydrogens is 178 g/mol. The van der Waals surface area contributed by atoms with Crippen molar-refractivity contribution >= 4 is 17.9 Å². The van der Waals surface area contributed by atoms with Gasteiger partial charge in [-0.2, -0.15) is 0 Å². The van der Waals surface area contributed by atoms with Crippen molar-refractivity contribution in [2.45, 2.75) is 20.8 Å². The normalized spacial score (nSPS) is 8.21. The van der Waals surface area contributed by atoms with E-state index in [2.05, 4.69) is 5.32 Å². The van der Waals surface area contributed by atoms with Gasteiger partial charge in [0.2, 0.25) is 5.91 Å². The number of aldehydes is 1. The zero-order valence-electron chi connectivity index (χ0n) is 8.70. The Hall–Kier alpha value is -1.64. The van der Waals surface area contributed by atoms with Crippen molar-refractivity contribution in [2.24, 2.45) is 0 Å². The molecule has 0 unspecified atom stereocenters. The molecule has 0 fully saturated rings. The van der Waals surface area contributed by atoms with Crippen LogP contribution in [0.2, 0.25) is 0 Å². The fraction of sp³-hybridized carbons (Fsp3) is 0.273. The molecule has 1 amide bonds. The highest BCUT2D eigenvalue weighted by Gasteiger charge is 2.00. The van der Waals surface area contributed by atoms with Crippen molar-refractivity contribution < 1.29 is 9.59 Å². The number of rotatable bonds is 2. The standard InChI is InChI=1S/C9H9NO2.C2H6/c1-7(12)10-9-5-3-2-4-8(9)6-11;1-2/h2-6H,1H3,(H,10,12);1-2H3. The molecule has 14 heavy (non-hydrogen) atoms. The van der Waals surface area contributed by atoms with Crippen molar-refractivity contribution in [3.8, 4) is 0 Å². The van der Waals surface area contributed by atoms with Crippen LogP contribution in [-0.2, 0) is 4.79 Å². The van der Waals surface area contributed by atoms with Crippen LogP contribution < -0.4 is 5.32 Å². The summed E-state index contributed by atoms with van der Waals surface area (Å²) in [6.07, 6.45) is 0.714. The number of amides is 1. The average Bonchev–Trinajstić information content (AvgIpc) is 2.21. The Bertz CT molecular complexity index is 308. The number of carbonyl (C=O) groups is 2. The van der Waals surface area contributed by atoms with Gasteiger partial charge in [-0.25, -0.2) is 0 Å². The van der Waals surface area contributed by atoms with Crippen LogP contribution in [0.15, 0.2) is 24.3 Å². The molecule has 1 N–H and O–H groups in total. The van der Waals surface area contributed by atoms with Gasteiger partial charge in [0.15, 0.2) is 6.29 Å². The zero-order valence-corrected chi connectivity index (χ0v) is 8.70. The highest BCUT2D eigenvalue weighted by Crippen LogP contribution is 2.11. The van der Waals surface area contributed by atoms with E-state index in [1.807, 2.05) is 13.8 Å². The number of hydrogen-bond donors (Lipinski definition) is 1. The smallest absolute Gasteiger partial charge is 0.221 e. The quantitative estimate of drug-likeness (QED) is 0.733. The molecular formula is C11H15NO2. The summed E-state index contributed by atoms with van der Waals surface area (Å²) in [7, 11) is 0. The van der Waals surface area contributed by atoms with E-state index in [0.29, 0.717) is 17.5 Å². The zero-order chi connectivity index (χ0) is 11.0. The summed E-state index contributed by atoms with van der Waals surface area (Å²) >= 11 is 0. The number of hydrogen-bond acceptors (Lipinski definition) is 2. The molecule has 0 saturated heterocycles. The fourth-order valence-corrected chi connectivity index (χ4v) is 0.903. The SMILES string of the molecule is CC.CC(=O)Nc1ccccc1C=O. The van der Waals surface area contributed by atoms with Crippen LogP contribution in [0.25, 0.3) is 0 Å². The molecule has 0 aromatic heterocycles. The third-order valence-electron chi connectivity index (χ3n) is 1.40. The monoisotopic (exact) mass is 193 g/mol. The summed E-state index contributed by atoms with van der Waals surface area (Å²) in [4.78, 5) is 21.1. The maximum Gasteiger partial charge on any atom is 0.221 e. The van der Waals surface area contributed by atoms with Crippen molar-refractivity contribution in [1.29, 1.82) is 0 Å². The Kier molecular flexibility index (Phi) is 6.03. The molecule has 1 aromatic carbocycles. The van der Waals surface area contributed by atoms with Gasteiger partial charge in [-0.1, -0.05) is 26.0 Å². The molecule has 0 saturated carbocycles. The number of anilines is 1. The lowest BCUT2D eigenvalue weighted by atomic mass is 10.2. The molecule has 0 aliphatic rings. The van der Waals surface area contributed by atoms with E-state index < -0.39 is 0 Å². The minimum atomic E-state index is -0.177. The minimum absolute atomic E-state index is 0.177. The Morgan fingerprint density at radius 2 is 1.86 bits per heavy atom. The van der Waals surface area contributed by atoms with Gasteiger partial charge in [-0.15, -0.1) is 0 Å². The maximum atomic E-state index is 10.7. The molecule has 0 aliphatic carbocycles. The van der Waals surface area contributed by atoms with Crippen molar-refractivity contribution in [1.82, 2.24) is 0 Å². The van der Waals surface area contributed by atoms with Crippen molar-refractivity contribution in [2.75, 3.05) is 5.32 Å².